The average Bonchev–Trinajstić information content (AvgIpc) is 3.12. The minimum Gasteiger partial charge on any atom is -0.480 e. The zero-order valence-corrected chi connectivity index (χ0v) is 13.4. The summed E-state index contributed by atoms with van der Waals surface area (Å²) in [4.78, 5) is 28.6. The summed E-state index contributed by atoms with van der Waals surface area (Å²) in [5, 5.41) is 12.4. The number of rotatable bonds is 6. The van der Waals surface area contributed by atoms with Crippen molar-refractivity contribution in [3.63, 3.8) is 0 Å². The number of carbonyl (C=O) groups is 2. The zero-order chi connectivity index (χ0) is 16.3. The molecule has 6 nitrogen and oxygen atoms in total. The molecule has 0 saturated carbocycles. The molecule has 7 heteroatoms. The number of carboxylic acid groups (broad SMARTS) is 1. The number of aryl methyl sites for hydroxylation is 1. The van der Waals surface area contributed by atoms with Crippen LogP contribution >= 0.6 is 11.3 Å². The molecule has 0 saturated heterocycles. The smallest absolute Gasteiger partial charge is 0.326 e. The highest BCUT2D eigenvalue weighted by atomic mass is 32.1. The Labute approximate surface area is 132 Å². The number of nitrogens with one attached hydrogen (secondary N) is 1. The predicted octanol–water partition coefficient (Wildman–Crippen LogP) is 2.94. The molecule has 0 aliphatic rings. The van der Waals surface area contributed by atoms with Crippen LogP contribution in [0.1, 0.15) is 35.6 Å². The number of amides is 1. The lowest BCUT2D eigenvalue weighted by molar-refractivity contribution is -0.140. The number of aromatic nitrogens is 1. The summed E-state index contributed by atoms with van der Waals surface area (Å²) in [7, 11) is 0. The number of thiazole rings is 1. The van der Waals surface area contributed by atoms with Gasteiger partial charge in [0.1, 0.15) is 11.7 Å². The van der Waals surface area contributed by atoms with Gasteiger partial charge in [0.2, 0.25) is 0 Å². The van der Waals surface area contributed by atoms with E-state index in [1.54, 1.807) is 26.0 Å². The second-order valence-corrected chi connectivity index (χ2v) is 6.28. The fourth-order valence-corrected chi connectivity index (χ4v) is 2.88. The van der Waals surface area contributed by atoms with Crippen molar-refractivity contribution >= 4 is 23.2 Å². The molecule has 2 atom stereocenters. The average molecular weight is 322 g/mol. The van der Waals surface area contributed by atoms with Crippen LogP contribution in [0, 0.1) is 12.8 Å². The summed E-state index contributed by atoms with van der Waals surface area (Å²) in [5.74, 6) is -1.09. The molecule has 0 bridgehead atoms. The van der Waals surface area contributed by atoms with Gasteiger partial charge in [-0.05, 0) is 25.0 Å². The first-order valence-corrected chi connectivity index (χ1v) is 7.80. The Morgan fingerprint density at radius 2 is 2.23 bits per heavy atom. The SMILES string of the molecule is CCC(C)C(NC(=O)c1nc(-c2ccco2)sc1C)C(=O)O. The van der Waals surface area contributed by atoms with Crippen molar-refractivity contribution in [2.45, 2.75) is 33.2 Å². The van der Waals surface area contributed by atoms with Gasteiger partial charge in [-0.2, -0.15) is 0 Å². The van der Waals surface area contributed by atoms with Crippen LogP contribution in [0.2, 0.25) is 0 Å². The Hall–Kier alpha value is -2.15. The standard InChI is InChI=1S/C15H18N2O4S/c1-4-8(2)11(15(19)20)16-13(18)12-9(3)22-14(17-12)10-6-5-7-21-10/h5-8,11H,4H2,1-3H3,(H,16,18)(H,19,20). The van der Waals surface area contributed by atoms with Gasteiger partial charge >= 0.3 is 5.97 Å². The highest BCUT2D eigenvalue weighted by Crippen LogP contribution is 2.28. The maximum atomic E-state index is 12.3. The molecule has 2 heterocycles. The van der Waals surface area contributed by atoms with E-state index in [1.807, 2.05) is 6.92 Å². The summed E-state index contributed by atoms with van der Waals surface area (Å²) in [6.45, 7) is 5.45. The van der Waals surface area contributed by atoms with E-state index in [4.69, 9.17) is 4.42 Å². The van der Waals surface area contributed by atoms with Gasteiger partial charge in [0, 0.05) is 4.88 Å². The molecule has 2 rings (SSSR count). The van der Waals surface area contributed by atoms with Crippen LogP contribution in [-0.2, 0) is 4.79 Å². The van der Waals surface area contributed by atoms with E-state index in [-0.39, 0.29) is 11.6 Å². The van der Waals surface area contributed by atoms with Gasteiger partial charge in [0.25, 0.3) is 5.91 Å². The highest BCUT2D eigenvalue weighted by molar-refractivity contribution is 7.15. The number of carbonyl (C=O) groups excluding carboxylic acids is 1. The first kappa shape index (κ1) is 16.2. The molecule has 1 amide bonds. The predicted molar refractivity (Wildman–Crippen MR) is 82.9 cm³/mol. The summed E-state index contributed by atoms with van der Waals surface area (Å²) in [6, 6.07) is 2.58. The number of hydrogen-bond donors (Lipinski definition) is 2. The minimum absolute atomic E-state index is 0.162. The Kier molecular flexibility index (Phi) is 4.97. The lowest BCUT2D eigenvalue weighted by Crippen LogP contribution is -2.45. The molecule has 0 aliphatic heterocycles. The molecule has 2 aromatic heterocycles. The second kappa shape index (κ2) is 6.74. The highest BCUT2D eigenvalue weighted by Gasteiger charge is 2.27. The van der Waals surface area contributed by atoms with Crippen molar-refractivity contribution in [1.29, 1.82) is 0 Å². The van der Waals surface area contributed by atoms with Crippen LogP contribution in [-0.4, -0.2) is 28.0 Å². The molecule has 2 N–H and O–H groups in total. The molecule has 2 unspecified atom stereocenters. The van der Waals surface area contributed by atoms with Gasteiger partial charge in [-0.3, -0.25) is 4.79 Å². The van der Waals surface area contributed by atoms with Gasteiger partial charge < -0.3 is 14.8 Å². The number of carboxylic acids is 1. The van der Waals surface area contributed by atoms with Crippen LogP contribution in [0.15, 0.2) is 22.8 Å². The second-order valence-electron chi connectivity index (χ2n) is 5.08. The molecule has 2 aromatic rings. The van der Waals surface area contributed by atoms with Crippen molar-refractivity contribution in [2.24, 2.45) is 5.92 Å². The quantitative estimate of drug-likeness (QED) is 0.853. The van der Waals surface area contributed by atoms with E-state index in [2.05, 4.69) is 10.3 Å². The summed E-state index contributed by atoms with van der Waals surface area (Å²) in [6.07, 6.45) is 2.19. The Bertz CT molecular complexity index is 663. The van der Waals surface area contributed by atoms with Gasteiger partial charge in [-0.1, -0.05) is 20.3 Å². The van der Waals surface area contributed by atoms with Crippen LogP contribution in [0.4, 0.5) is 0 Å². The van der Waals surface area contributed by atoms with Crippen LogP contribution < -0.4 is 5.32 Å². The van der Waals surface area contributed by atoms with Gasteiger partial charge in [0.05, 0.1) is 6.26 Å². The lowest BCUT2D eigenvalue weighted by atomic mass is 9.99. The molecular formula is C15H18N2O4S. The molecule has 0 fully saturated rings. The third kappa shape index (κ3) is 3.36. The molecule has 0 aromatic carbocycles. The van der Waals surface area contributed by atoms with Gasteiger partial charge in [-0.15, -0.1) is 11.3 Å². The molecule has 118 valence electrons. The monoisotopic (exact) mass is 322 g/mol. The lowest BCUT2D eigenvalue weighted by Gasteiger charge is -2.19. The normalized spacial score (nSPS) is 13.6. The van der Waals surface area contributed by atoms with E-state index in [0.717, 1.165) is 4.88 Å². The summed E-state index contributed by atoms with van der Waals surface area (Å²) < 4.78 is 5.26. The van der Waals surface area contributed by atoms with E-state index in [0.29, 0.717) is 17.2 Å². The van der Waals surface area contributed by atoms with Crippen molar-refractivity contribution in [2.75, 3.05) is 0 Å². The van der Waals surface area contributed by atoms with Crippen LogP contribution in [0.25, 0.3) is 10.8 Å². The Morgan fingerprint density at radius 1 is 1.50 bits per heavy atom. The topological polar surface area (TPSA) is 92.4 Å². The van der Waals surface area contributed by atoms with Crippen LogP contribution in [0.5, 0.6) is 0 Å². The number of hydrogen-bond acceptors (Lipinski definition) is 5. The summed E-state index contributed by atoms with van der Waals surface area (Å²) >= 11 is 1.34. The molecule has 0 spiro atoms. The van der Waals surface area contributed by atoms with Crippen molar-refractivity contribution in [1.82, 2.24) is 10.3 Å². The maximum Gasteiger partial charge on any atom is 0.326 e. The number of nitrogens with zero attached hydrogens (tertiary/aromatic N) is 1. The molecule has 0 aliphatic carbocycles. The first-order chi connectivity index (χ1) is 10.4. The minimum atomic E-state index is -1.04. The fraction of sp³-hybridized carbons (Fsp3) is 0.400. The van der Waals surface area contributed by atoms with Crippen molar-refractivity contribution in [3.05, 3.63) is 29.0 Å². The largest absolute Gasteiger partial charge is 0.480 e. The fourth-order valence-electron chi connectivity index (χ4n) is 2.01. The van der Waals surface area contributed by atoms with Crippen LogP contribution in [0.3, 0.4) is 0 Å². The van der Waals surface area contributed by atoms with E-state index in [9.17, 15) is 14.7 Å². The molecular weight excluding hydrogens is 304 g/mol. The van der Waals surface area contributed by atoms with E-state index in [1.165, 1.54) is 17.6 Å². The van der Waals surface area contributed by atoms with E-state index >= 15 is 0 Å². The van der Waals surface area contributed by atoms with Gasteiger partial charge in [-0.25, -0.2) is 9.78 Å². The number of aliphatic carboxylic acids is 1. The Balaban J connectivity index is 2.21. The third-order valence-corrected chi connectivity index (χ3v) is 4.49. The number of furan rings is 1. The maximum absolute atomic E-state index is 12.3. The third-order valence-electron chi connectivity index (χ3n) is 3.51. The molecule has 0 radical (unpaired) electrons. The Morgan fingerprint density at radius 3 is 2.77 bits per heavy atom. The summed E-state index contributed by atoms with van der Waals surface area (Å²) in [5.41, 5.74) is 0.242. The van der Waals surface area contributed by atoms with Crippen molar-refractivity contribution in [3.8, 4) is 10.8 Å². The van der Waals surface area contributed by atoms with E-state index < -0.39 is 17.9 Å². The van der Waals surface area contributed by atoms with Gasteiger partial charge in [0.15, 0.2) is 10.8 Å². The first-order valence-electron chi connectivity index (χ1n) is 6.99. The van der Waals surface area contributed by atoms with Crippen molar-refractivity contribution < 1.29 is 19.1 Å². The zero-order valence-electron chi connectivity index (χ0n) is 12.6. The molecule has 22 heavy (non-hydrogen) atoms.